The number of amides is 1. The van der Waals surface area contributed by atoms with Gasteiger partial charge in [-0.05, 0) is 32.8 Å². The van der Waals surface area contributed by atoms with Gasteiger partial charge in [0.05, 0.1) is 5.69 Å². The Balaban J connectivity index is 2.44. The fourth-order valence-electron chi connectivity index (χ4n) is 1.90. The van der Waals surface area contributed by atoms with Crippen LogP contribution in [0.4, 0.5) is 5.69 Å². The number of nitrogens with two attached hydrogens (primary N) is 1. The summed E-state index contributed by atoms with van der Waals surface area (Å²) in [4.78, 5) is 13.0. The van der Waals surface area contributed by atoms with Gasteiger partial charge in [0.25, 0.3) is 5.91 Å². The first-order valence-electron chi connectivity index (χ1n) is 6.46. The summed E-state index contributed by atoms with van der Waals surface area (Å²) >= 11 is 1.47. The monoisotopic (exact) mass is 276 g/mol. The van der Waals surface area contributed by atoms with E-state index in [0.717, 1.165) is 22.1 Å². The maximum Gasteiger partial charge on any atom is 0.263 e. The Labute approximate surface area is 117 Å². The van der Waals surface area contributed by atoms with Crippen LogP contribution < -0.4 is 11.1 Å². The van der Waals surface area contributed by atoms with E-state index in [1.165, 1.54) is 11.3 Å². The predicted octanol–water partition coefficient (Wildman–Crippen LogP) is 3.71. The third-order valence-electron chi connectivity index (χ3n) is 3.49. The van der Waals surface area contributed by atoms with Crippen LogP contribution in [0.15, 0.2) is 18.2 Å². The Morgan fingerprint density at radius 1 is 1.42 bits per heavy atom. The van der Waals surface area contributed by atoms with Crippen molar-refractivity contribution in [3.05, 3.63) is 28.6 Å². The van der Waals surface area contributed by atoms with Crippen molar-refractivity contribution in [1.82, 2.24) is 5.32 Å². The van der Waals surface area contributed by atoms with Crippen LogP contribution in [0.1, 0.15) is 42.4 Å². The Kier molecular flexibility index (Phi) is 3.54. The molecule has 0 atom stereocenters. The zero-order valence-electron chi connectivity index (χ0n) is 11.8. The number of nitrogen functional groups attached to an aromatic ring is 1. The maximum absolute atomic E-state index is 12.3. The highest BCUT2D eigenvalue weighted by atomic mass is 32.1. The molecule has 3 N–H and O–H groups in total. The molecule has 2 aromatic rings. The van der Waals surface area contributed by atoms with Gasteiger partial charge in [-0.3, -0.25) is 4.79 Å². The molecule has 1 aromatic carbocycles. The Hall–Kier alpha value is -1.55. The number of hydrogen-bond donors (Lipinski definition) is 2. The summed E-state index contributed by atoms with van der Waals surface area (Å²) in [6.45, 7) is 8.12. The van der Waals surface area contributed by atoms with Crippen LogP contribution in [-0.2, 0) is 0 Å². The number of carbonyl (C=O) groups excluding carboxylic acids is 1. The third-order valence-corrected chi connectivity index (χ3v) is 4.85. The van der Waals surface area contributed by atoms with Crippen LogP contribution in [0, 0.1) is 6.92 Å². The Bertz CT molecular complexity index is 628. The molecule has 0 saturated heterocycles. The molecular formula is C15H20N2OS. The smallest absolute Gasteiger partial charge is 0.263 e. The van der Waals surface area contributed by atoms with E-state index in [2.05, 4.69) is 12.2 Å². The van der Waals surface area contributed by atoms with Crippen LogP contribution in [0.3, 0.4) is 0 Å². The van der Waals surface area contributed by atoms with Crippen molar-refractivity contribution < 1.29 is 4.79 Å². The SMILES string of the molecule is CCC(C)(C)NC(=O)c1sc2c(C)cccc2c1N. The van der Waals surface area contributed by atoms with E-state index >= 15 is 0 Å². The van der Waals surface area contributed by atoms with Gasteiger partial charge < -0.3 is 11.1 Å². The molecule has 4 heteroatoms. The third kappa shape index (κ3) is 2.59. The summed E-state index contributed by atoms with van der Waals surface area (Å²) < 4.78 is 1.10. The molecule has 0 saturated carbocycles. The van der Waals surface area contributed by atoms with E-state index in [9.17, 15) is 4.79 Å². The number of hydrogen-bond acceptors (Lipinski definition) is 3. The topological polar surface area (TPSA) is 55.1 Å². The number of aryl methyl sites for hydroxylation is 1. The van der Waals surface area contributed by atoms with E-state index in [1.807, 2.05) is 39.0 Å². The van der Waals surface area contributed by atoms with Gasteiger partial charge >= 0.3 is 0 Å². The lowest BCUT2D eigenvalue weighted by molar-refractivity contribution is 0.0916. The zero-order chi connectivity index (χ0) is 14.2. The fourth-order valence-corrected chi connectivity index (χ4v) is 2.99. The molecule has 0 unspecified atom stereocenters. The molecule has 2 rings (SSSR count). The molecule has 0 bridgehead atoms. The first-order chi connectivity index (χ1) is 8.85. The van der Waals surface area contributed by atoms with Gasteiger partial charge in [0, 0.05) is 15.6 Å². The lowest BCUT2D eigenvalue weighted by Gasteiger charge is -2.24. The van der Waals surface area contributed by atoms with Gasteiger partial charge in [-0.1, -0.05) is 25.1 Å². The van der Waals surface area contributed by atoms with Crippen LogP contribution in [0.2, 0.25) is 0 Å². The van der Waals surface area contributed by atoms with E-state index in [4.69, 9.17) is 5.73 Å². The number of carbonyl (C=O) groups is 1. The van der Waals surface area contributed by atoms with Crippen LogP contribution in [0.5, 0.6) is 0 Å². The number of nitrogens with one attached hydrogen (secondary N) is 1. The van der Waals surface area contributed by atoms with Crippen LogP contribution >= 0.6 is 11.3 Å². The largest absolute Gasteiger partial charge is 0.397 e. The summed E-state index contributed by atoms with van der Waals surface area (Å²) in [5.41, 5.74) is 7.65. The first-order valence-corrected chi connectivity index (χ1v) is 7.27. The molecule has 102 valence electrons. The summed E-state index contributed by atoms with van der Waals surface area (Å²) in [6.07, 6.45) is 0.878. The Morgan fingerprint density at radius 3 is 2.68 bits per heavy atom. The lowest BCUT2D eigenvalue weighted by atomic mass is 10.0. The van der Waals surface area contributed by atoms with Crippen molar-refractivity contribution in [3.8, 4) is 0 Å². The van der Waals surface area contributed by atoms with E-state index in [-0.39, 0.29) is 11.4 Å². The highest BCUT2D eigenvalue weighted by Crippen LogP contribution is 2.35. The summed E-state index contributed by atoms with van der Waals surface area (Å²) in [5.74, 6) is -0.0788. The predicted molar refractivity (Wildman–Crippen MR) is 82.8 cm³/mol. The quantitative estimate of drug-likeness (QED) is 0.898. The summed E-state index contributed by atoms with van der Waals surface area (Å²) in [6, 6.07) is 5.98. The number of anilines is 1. The average molecular weight is 276 g/mol. The Morgan fingerprint density at radius 2 is 2.11 bits per heavy atom. The van der Waals surface area contributed by atoms with Crippen LogP contribution in [-0.4, -0.2) is 11.4 Å². The van der Waals surface area contributed by atoms with Gasteiger partial charge in [0.1, 0.15) is 4.88 Å². The standard InChI is InChI=1S/C15H20N2OS/c1-5-15(3,4)17-14(18)13-11(16)10-8-6-7-9(2)12(10)19-13/h6-8H,5,16H2,1-4H3,(H,17,18). The molecule has 0 spiro atoms. The molecule has 0 fully saturated rings. The van der Waals surface area contributed by atoms with E-state index in [0.29, 0.717) is 10.6 Å². The second-order valence-corrected chi connectivity index (χ2v) is 6.51. The fraction of sp³-hybridized carbons (Fsp3) is 0.400. The second-order valence-electron chi connectivity index (χ2n) is 5.49. The van der Waals surface area contributed by atoms with E-state index < -0.39 is 0 Å². The van der Waals surface area contributed by atoms with Gasteiger partial charge in [-0.25, -0.2) is 0 Å². The average Bonchev–Trinajstić information content (AvgIpc) is 2.68. The molecule has 1 amide bonds. The zero-order valence-corrected chi connectivity index (χ0v) is 12.6. The molecule has 19 heavy (non-hydrogen) atoms. The van der Waals surface area contributed by atoms with Crippen LogP contribution in [0.25, 0.3) is 10.1 Å². The highest BCUT2D eigenvalue weighted by Gasteiger charge is 2.23. The summed E-state index contributed by atoms with van der Waals surface area (Å²) in [7, 11) is 0. The van der Waals surface area contributed by atoms with Crippen molar-refractivity contribution in [1.29, 1.82) is 0 Å². The van der Waals surface area contributed by atoms with Crippen molar-refractivity contribution in [2.45, 2.75) is 39.7 Å². The van der Waals surface area contributed by atoms with Gasteiger partial charge in [0.2, 0.25) is 0 Å². The van der Waals surface area contributed by atoms with Crippen molar-refractivity contribution in [2.75, 3.05) is 5.73 Å². The second kappa shape index (κ2) is 4.85. The molecule has 0 aliphatic rings. The first kappa shape index (κ1) is 13.9. The van der Waals surface area contributed by atoms with Gasteiger partial charge in [-0.2, -0.15) is 0 Å². The molecule has 1 heterocycles. The summed E-state index contributed by atoms with van der Waals surface area (Å²) in [5, 5.41) is 4.01. The molecule has 0 aliphatic heterocycles. The molecular weight excluding hydrogens is 256 g/mol. The molecule has 1 aromatic heterocycles. The van der Waals surface area contributed by atoms with Crippen molar-refractivity contribution >= 4 is 33.0 Å². The lowest BCUT2D eigenvalue weighted by Crippen LogP contribution is -2.42. The minimum atomic E-state index is -0.214. The number of fused-ring (bicyclic) bond motifs is 1. The minimum Gasteiger partial charge on any atom is -0.397 e. The highest BCUT2D eigenvalue weighted by molar-refractivity contribution is 7.21. The van der Waals surface area contributed by atoms with Gasteiger partial charge in [-0.15, -0.1) is 11.3 Å². The number of rotatable bonds is 3. The van der Waals surface area contributed by atoms with Crippen molar-refractivity contribution in [3.63, 3.8) is 0 Å². The number of benzene rings is 1. The van der Waals surface area contributed by atoms with Gasteiger partial charge in [0.15, 0.2) is 0 Å². The maximum atomic E-state index is 12.3. The molecule has 0 aliphatic carbocycles. The number of thiophene rings is 1. The van der Waals surface area contributed by atoms with E-state index in [1.54, 1.807) is 0 Å². The van der Waals surface area contributed by atoms with Crippen molar-refractivity contribution in [2.24, 2.45) is 0 Å². The minimum absolute atomic E-state index is 0.0788. The normalized spacial score (nSPS) is 11.8. The molecule has 3 nitrogen and oxygen atoms in total. The molecule has 0 radical (unpaired) electrons.